The first-order chi connectivity index (χ1) is 8.34. The molecule has 0 aromatic carbocycles. The molecule has 1 saturated heterocycles. The third-order valence-electron chi connectivity index (χ3n) is 4.38. The van der Waals surface area contributed by atoms with Crippen LogP contribution in [0, 0.1) is 5.92 Å². The van der Waals surface area contributed by atoms with E-state index < -0.39 is 0 Å². The minimum Gasteiger partial charge on any atom is -0.329 e. The number of nitrogens with one attached hydrogen (secondary N) is 1. The number of hydrogen-bond acceptors (Lipinski definition) is 2. The van der Waals surface area contributed by atoms with Crippen LogP contribution >= 0.6 is 0 Å². The molecule has 1 atom stereocenters. The molecule has 1 N–H and O–H groups in total. The summed E-state index contributed by atoms with van der Waals surface area (Å²) in [6, 6.07) is 0.665. The van der Waals surface area contributed by atoms with E-state index in [4.69, 9.17) is 0 Å². The molecule has 94 valence electrons. The molecule has 0 radical (unpaired) electrons. The van der Waals surface area contributed by atoms with Crippen molar-refractivity contribution < 1.29 is 0 Å². The maximum absolute atomic E-state index is 4.68. The number of piperidine rings is 1. The zero-order valence-corrected chi connectivity index (χ0v) is 10.8. The van der Waals surface area contributed by atoms with Gasteiger partial charge in [-0.25, -0.2) is 4.98 Å². The predicted molar refractivity (Wildman–Crippen MR) is 69.2 cm³/mol. The lowest BCUT2D eigenvalue weighted by Gasteiger charge is -2.27. The second-order valence-electron chi connectivity index (χ2n) is 5.67. The van der Waals surface area contributed by atoms with Crippen LogP contribution in [0.15, 0.2) is 6.20 Å². The van der Waals surface area contributed by atoms with Crippen molar-refractivity contribution in [2.75, 3.05) is 13.1 Å². The smallest absolute Gasteiger partial charge is 0.109 e. The zero-order valence-electron chi connectivity index (χ0n) is 10.8. The summed E-state index contributed by atoms with van der Waals surface area (Å²) in [6.45, 7) is 4.72. The minimum atomic E-state index is 0.665. The van der Waals surface area contributed by atoms with Gasteiger partial charge in [0.15, 0.2) is 0 Å². The van der Waals surface area contributed by atoms with Gasteiger partial charge in [0.25, 0.3) is 0 Å². The van der Waals surface area contributed by atoms with Crippen LogP contribution in [-0.4, -0.2) is 22.6 Å². The van der Waals surface area contributed by atoms with Gasteiger partial charge in [-0.1, -0.05) is 0 Å². The largest absolute Gasteiger partial charge is 0.329 e. The highest BCUT2D eigenvalue weighted by Crippen LogP contribution is 2.28. The van der Waals surface area contributed by atoms with Crippen LogP contribution in [0.3, 0.4) is 0 Å². The van der Waals surface area contributed by atoms with E-state index in [1.165, 1.54) is 63.1 Å². The Bertz CT molecular complexity index is 377. The van der Waals surface area contributed by atoms with E-state index in [1.54, 1.807) is 0 Å². The van der Waals surface area contributed by atoms with Crippen LogP contribution in [0.2, 0.25) is 0 Å². The van der Waals surface area contributed by atoms with Crippen LogP contribution in [0.5, 0.6) is 0 Å². The van der Waals surface area contributed by atoms with E-state index in [0.29, 0.717) is 6.04 Å². The summed E-state index contributed by atoms with van der Waals surface area (Å²) >= 11 is 0. The van der Waals surface area contributed by atoms with Crippen LogP contribution in [-0.2, 0) is 12.8 Å². The molecule has 1 unspecified atom stereocenters. The first kappa shape index (κ1) is 11.3. The van der Waals surface area contributed by atoms with Gasteiger partial charge in [0, 0.05) is 24.4 Å². The van der Waals surface area contributed by atoms with E-state index in [-0.39, 0.29) is 0 Å². The highest BCUT2D eigenvalue weighted by atomic mass is 15.1. The minimum absolute atomic E-state index is 0.665. The van der Waals surface area contributed by atoms with Gasteiger partial charge >= 0.3 is 0 Å². The lowest BCUT2D eigenvalue weighted by Crippen LogP contribution is -2.29. The van der Waals surface area contributed by atoms with Crippen LogP contribution in [0.25, 0.3) is 0 Å². The fourth-order valence-electron chi connectivity index (χ4n) is 3.36. The second-order valence-corrected chi connectivity index (χ2v) is 5.67. The van der Waals surface area contributed by atoms with Crippen LogP contribution in [0.4, 0.5) is 0 Å². The van der Waals surface area contributed by atoms with Gasteiger partial charge in [-0.2, -0.15) is 0 Å². The molecule has 3 heterocycles. The molecule has 0 aliphatic carbocycles. The number of fused-ring (bicyclic) bond motifs is 1. The molecule has 2 aliphatic rings. The van der Waals surface area contributed by atoms with Gasteiger partial charge in [0.2, 0.25) is 0 Å². The molecular weight excluding hydrogens is 210 g/mol. The molecule has 0 saturated carbocycles. The Hall–Kier alpha value is -0.830. The third kappa shape index (κ3) is 2.25. The maximum atomic E-state index is 4.68. The normalized spacial score (nSPS) is 25.8. The number of nitrogens with zero attached hydrogens (tertiary/aromatic N) is 2. The first-order valence-electron chi connectivity index (χ1n) is 7.10. The van der Waals surface area contributed by atoms with Crippen molar-refractivity contribution in [3.63, 3.8) is 0 Å². The Balaban J connectivity index is 1.76. The SMILES string of the molecule is CC1CCCc2cnc(CC3CCNCC3)n21. The van der Waals surface area contributed by atoms with Gasteiger partial charge in [0.1, 0.15) is 5.82 Å². The standard InChI is InChI=1S/C14H23N3/c1-11-3-2-4-13-10-16-14(17(11)13)9-12-5-7-15-8-6-12/h10-12,15H,2-9H2,1H3. The summed E-state index contributed by atoms with van der Waals surface area (Å²) in [7, 11) is 0. The van der Waals surface area contributed by atoms with Crippen LogP contribution in [0.1, 0.15) is 50.2 Å². The highest BCUT2D eigenvalue weighted by Gasteiger charge is 2.22. The lowest BCUT2D eigenvalue weighted by molar-refractivity contribution is 0.349. The fraction of sp³-hybridized carbons (Fsp3) is 0.786. The quantitative estimate of drug-likeness (QED) is 0.849. The summed E-state index contributed by atoms with van der Waals surface area (Å²) in [4.78, 5) is 4.68. The van der Waals surface area contributed by atoms with Crippen molar-refractivity contribution in [2.24, 2.45) is 5.92 Å². The Kier molecular flexibility index (Phi) is 3.19. The van der Waals surface area contributed by atoms with Crippen molar-refractivity contribution in [1.82, 2.24) is 14.9 Å². The molecule has 1 aromatic rings. The summed E-state index contributed by atoms with van der Waals surface area (Å²) < 4.78 is 2.52. The molecule has 0 bridgehead atoms. The van der Waals surface area contributed by atoms with Gasteiger partial charge in [-0.15, -0.1) is 0 Å². The molecule has 2 aliphatic heterocycles. The number of hydrogen-bond donors (Lipinski definition) is 1. The van der Waals surface area contributed by atoms with Crippen molar-refractivity contribution in [3.8, 4) is 0 Å². The van der Waals surface area contributed by atoms with Gasteiger partial charge < -0.3 is 9.88 Å². The van der Waals surface area contributed by atoms with Gasteiger partial charge in [-0.3, -0.25) is 0 Å². The zero-order chi connectivity index (χ0) is 11.7. The number of aromatic nitrogens is 2. The van der Waals surface area contributed by atoms with Gasteiger partial charge in [0.05, 0.1) is 0 Å². The van der Waals surface area contributed by atoms with E-state index >= 15 is 0 Å². The van der Waals surface area contributed by atoms with Crippen molar-refractivity contribution in [2.45, 2.75) is 51.5 Å². The van der Waals surface area contributed by atoms with E-state index in [2.05, 4.69) is 28.0 Å². The summed E-state index contributed by atoms with van der Waals surface area (Å²) in [5, 5.41) is 3.44. The average Bonchev–Trinajstić information content (AvgIpc) is 2.75. The Morgan fingerprint density at radius 1 is 1.35 bits per heavy atom. The molecule has 1 aromatic heterocycles. The molecule has 0 spiro atoms. The molecule has 17 heavy (non-hydrogen) atoms. The molecular formula is C14H23N3. The number of aryl methyl sites for hydroxylation is 1. The Morgan fingerprint density at radius 2 is 2.18 bits per heavy atom. The molecule has 3 rings (SSSR count). The molecule has 3 heteroatoms. The number of rotatable bonds is 2. The average molecular weight is 233 g/mol. The summed E-state index contributed by atoms with van der Waals surface area (Å²) in [6.07, 6.45) is 9.82. The predicted octanol–water partition coefficient (Wildman–Crippen LogP) is 2.32. The monoisotopic (exact) mass is 233 g/mol. The summed E-state index contributed by atoms with van der Waals surface area (Å²) in [5.41, 5.74) is 1.47. The topological polar surface area (TPSA) is 29.9 Å². The van der Waals surface area contributed by atoms with E-state index in [9.17, 15) is 0 Å². The van der Waals surface area contributed by atoms with Crippen molar-refractivity contribution in [1.29, 1.82) is 0 Å². The van der Waals surface area contributed by atoms with E-state index in [1.807, 2.05) is 0 Å². The van der Waals surface area contributed by atoms with Crippen LogP contribution < -0.4 is 5.32 Å². The first-order valence-corrected chi connectivity index (χ1v) is 7.10. The Labute approximate surface area is 104 Å². The second kappa shape index (κ2) is 4.81. The van der Waals surface area contributed by atoms with Crippen molar-refractivity contribution in [3.05, 3.63) is 17.7 Å². The van der Waals surface area contributed by atoms with Crippen molar-refractivity contribution >= 4 is 0 Å². The lowest BCUT2D eigenvalue weighted by atomic mass is 9.94. The maximum Gasteiger partial charge on any atom is 0.109 e. The Morgan fingerprint density at radius 3 is 3.00 bits per heavy atom. The fourth-order valence-corrected chi connectivity index (χ4v) is 3.36. The van der Waals surface area contributed by atoms with E-state index in [0.717, 1.165) is 5.92 Å². The highest BCUT2D eigenvalue weighted by molar-refractivity contribution is 5.10. The van der Waals surface area contributed by atoms with Gasteiger partial charge in [-0.05, 0) is 58.0 Å². The third-order valence-corrected chi connectivity index (χ3v) is 4.38. The summed E-state index contributed by atoms with van der Waals surface area (Å²) in [5.74, 6) is 2.19. The molecule has 3 nitrogen and oxygen atoms in total. The molecule has 0 amide bonds. The molecule has 1 fully saturated rings. The number of imidazole rings is 1.